The highest BCUT2D eigenvalue weighted by atomic mass is 16.4. The summed E-state index contributed by atoms with van der Waals surface area (Å²) in [6.45, 7) is 6.00. The summed E-state index contributed by atoms with van der Waals surface area (Å²) in [5, 5.41) is 3.40. The Bertz CT molecular complexity index is 676. The van der Waals surface area contributed by atoms with Gasteiger partial charge in [0.2, 0.25) is 5.76 Å². The summed E-state index contributed by atoms with van der Waals surface area (Å²) in [4.78, 5) is 23.7. The van der Waals surface area contributed by atoms with Gasteiger partial charge in [0.05, 0.1) is 17.9 Å². The third-order valence-corrected chi connectivity index (χ3v) is 4.40. The first-order chi connectivity index (χ1) is 11.6. The van der Waals surface area contributed by atoms with Crippen molar-refractivity contribution in [3.8, 4) is 0 Å². The highest BCUT2D eigenvalue weighted by molar-refractivity contribution is 5.92. The van der Waals surface area contributed by atoms with Crippen molar-refractivity contribution in [1.29, 1.82) is 0 Å². The second-order valence-corrected chi connectivity index (χ2v) is 6.24. The summed E-state index contributed by atoms with van der Waals surface area (Å²) in [5.74, 6) is 0.780. The number of pyridine rings is 1. The van der Waals surface area contributed by atoms with Gasteiger partial charge >= 0.3 is 0 Å². The molecule has 0 saturated carbocycles. The van der Waals surface area contributed by atoms with E-state index in [0.717, 1.165) is 38.0 Å². The predicted octanol–water partition coefficient (Wildman–Crippen LogP) is 2.47. The van der Waals surface area contributed by atoms with Gasteiger partial charge in [0.25, 0.3) is 5.91 Å². The Balaban J connectivity index is 1.88. The molecule has 6 nitrogen and oxygen atoms in total. The van der Waals surface area contributed by atoms with Crippen molar-refractivity contribution >= 4 is 5.91 Å². The van der Waals surface area contributed by atoms with Gasteiger partial charge in [-0.3, -0.25) is 9.78 Å². The van der Waals surface area contributed by atoms with E-state index in [1.165, 1.54) is 0 Å². The second kappa shape index (κ2) is 7.57. The molecule has 1 amide bonds. The Hall–Kier alpha value is -2.21. The molecule has 24 heavy (non-hydrogen) atoms. The number of hydrogen-bond donors (Lipinski definition) is 1. The fourth-order valence-electron chi connectivity index (χ4n) is 3.21. The molecule has 0 aliphatic carbocycles. The molecular formula is C18H24N4O2. The fourth-order valence-corrected chi connectivity index (χ4v) is 3.21. The van der Waals surface area contributed by atoms with Gasteiger partial charge in [-0.05, 0) is 51.4 Å². The van der Waals surface area contributed by atoms with E-state index in [2.05, 4.69) is 15.3 Å². The van der Waals surface area contributed by atoms with Crippen LogP contribution in [0.4, 0.5) is 0 Å². The minimum Gasteiger partial charge on any atom is -0.436 e. The monoisotopic (exact) mass is 328 g/mol. The molecule has 2 aromatic rings. The molecule has 1 aliphatic heterocycles. The summed E-state index contributed by atoms with van der Waals surface area (Å²) in [6, 6.07) is 5.96. The fraction of sp³-hybridized carbons (Fsp3) is 0.500. The smallest absolute Gasteiger partial charge is 0.292 e. The molecular weight excluding hydrogens is 304 g/mol. The number of hydrogen-bond acceptors (Lipinski definition) is 5. The van der Waals surface area contributed by atoms with Crippen LogP contribution in [0.3, 0.4) is 0 Å². The number of nitrogens with one attached hydrogen (secondary N) is 1. The molecule has 1 aliphatic rings. The zero-order valence-corrected chi connectivity index (χ0v) is 14.3. The topological polar surface area (TPSA) is 71.3 Å². The quantitative estimate of drug-likeness (QED) is 0.933. The Morgan fingerprint density at radius 1 is 1.33 bits per heavy atom. The molecule has 1 fully saturated rings. The number of oxazole rings is 1. The van der Waals surface area contributed by atoms with Crippen LogP contribution in [0, 0.1) is 13.8 Å². The number of amides is 1. The van der Waals surface area contributed by atoms with Crippen molar-refractivity contribution in [2.75, 3.05) is 13.1 Å². The molecule has 128 valence electrons. The lowest BCUT2D eigenvalue weighted by Crippen LogP contribution is -2.40. The van der Waals surface area contributed by atoms with Crippen LogP contribution >= 0.6 is 0 Å². The van der Waals surface area contributed by atoms with E-state index in [1.807, 2.05) is 30.0 Å². The molecule has 6 heteroatoms. The largest absolute Gasteiger partial charge is 0.436 e. The molecule has 3 heterocycles. The molecule has 1 saturated heterocycles. The van der Waals surface area contributed by atoms with Gasteiger partial charge < -0.3 is 14.6 Å². The average molecular weight is 328 g/mol. The van der Waals surface area contributed by atoms with Crippen LogP contribution in [-0.2, 0) is 6.54 Å². The number of nitrogens with zero attached hydrogens (tertiary/aromatic N) is 3. The van der Waals surface area contributed by atoms with E-state index in [4.69, 9.17) is 4.42 Å². The van der Waals surface area contributed by atoms with Crippen molar-refractivity contribution < 1.29 is 9.21 Å². The first kappa shape index (κ1) is 16.6. The first-order valence-electron chi connectivity index (χ1n) is 8.51. The number of carbonyl (C=O) groups is 1. The Kier molecular flexibility index (Phi) is 5.25. The zero-order valence-electron chi connectivity index (χ0n) is 14.3. The van der Waals surface area contributed by atoms with Crippen molar-refractivity contribution in [3.63, 3.8) is 0 Å². The van der Waals surface area contributed by atoms with Gasteiger partial charge in [0.1, 0.15) is 0 Å². The van der Waals surface area contributed by atoms with E-state index in [1.54, 1.807) is 13.1 Å². The Morgan fingerprint density at radius 2 is 2.21 bits per heavy atom. The van der Waals surface area contributed by atoms with Crippen molar-refractivity contribution in [1.82, 2.24) is 20.2 Å². The lowest BCUT2D eigenvalue weighted by atomic mass is 10.1. The maximum absolute atomic E-state index is 13.1. The molecule has 2 aromatic heterocycles. The van der Waals surface area contributed by atoms with Crippen molar-refractivity contribution in [2.45, 2.75) is 45.7 Å². The number of rotatable bonds is 4. The van der Waals surface area contributed by atoms with Crippen LogP contribution in [0.15, 0.2) is 28.8 Å². The number of carbonyl (C=O) groups excluding carboxylic acids is 1. The van der Waals surface area contributed by atoms with Gasteiger partial charge in [-0.25, -0.2) is 4.98 Å². The molecule has 0 bridgehead atoms. The van der Waals surface area contributed by atoms with Gasteiger partial charge in [-0.15, -0.1) is 0 Å². The third kappa shape index (κ3) is 3.82. The molecule has 3 rings (SSSR count). The van der Waals surface area contributed by atoms with Crippen LogP contribution in [-0.4, -0.2) is 39.9 Å². The van der Waals surface area contributed by atoms with Crippen molar-refractivity contribution in [3.05, 3.63) is 47.4 Å². The number of aromatic nitrogens is 2. The highest BCUT2D eigenvalue weighted by Gasteiger charge is 2.29. The zero-order chi connectivity index (χ0) is 16.9. The molecule has 0 aromatic carbocycles. The van der Waals surface area contributed by atoms with Gasteiger partial charge in [-0.2, -0.15) is 0 Å². The van der Waals surface area contributed by atoms with E-state index < -0.39 is 0 Å². The normalized spacial score (nSPS) is 18.2. The minimum atomic E-state index is -0.0920. The van der Waals surface area contributed by atoms with E-state index in [0.29, 0.717) is 23.9 Å². The SMILES string of the molecule is Cc1nc(C)c(C(=O)N(Cc2ccccn2)C2CCCNCC2)o1. The van der Waals surface area contributed by atoms with Crippen LogP contribution in [0.5, 0.6) is 0 Å². The molecule has 0 spiro atoms. The summed E-state index contributed by atoms with van der Waals surface area (Å²) in [6.07, 6.45) is 4.74. The number of aryl methyl sites for hydroxylation is 2. The summed E-state index contributed by atoms with van der Waals surface area (Å²) in [5.41, 5.74) is 1.53. The third-order valence-electron chi connectivity index (χ3n) is 4.40. The van der Waals surface area contributed by atoms with Crippen LogP contribution < -0.4 is 5.32 Å². The van der Waals surface area contributed by atoms with Crippen molar-refractivity contribution in [2.24, 2.45) is 0 Å². The van der Waals surface area contributed by atoms with E-state index in [9.17, 15) is 4.79 Å². The van der Waals surface area contributed by atoms with Gasteiger partial charge in [0.15, 0.2) is 5.89 Å². The van der Waals surface area contributed by atoms with Crippen LogP contribution in [0.1, 0.15) is 47.1 Å². The predicted molar refractivity (Wildman–Crippen MR) is 90.6 cm³/mol. The first-order valence-corrected chi connectivity index (χ1v) is 8.51. The van der Waals surface area contributed by atoms with Gasteiger partial charge in [0, 0.05) is 19.2 Å². The summed E-state index contributed by atoms with van der Waals surface area (Å²) >= 11 is 0. The van der Waals surface area contributed by atoms with E-state index >= 15 is 0 Å². The summed E-state index contributed by atoms with van der Waals surface area (Å²) < 4.78 is 5.58. The van der Waals surface area contributed by atoms with Crippen LogP contribution in [0.2, 0.25) is 0 Å². The molecule has 1 N–H and O–H groups in total. The van der Waals surface area contributed by atoms with Gasteiger partial charge in [-0.1, -0.05) is 6.07 Å². The second-order valence-electron chi connectivity index (χ2n) is 6.24. The average Bonchev–Trinajstić information content (AvgIpc) is 2.79. The highest BCUT2D eigenvalue weighted by Crippen LogP contribution is 2.21. The Morgan fingerprint density at radius 3 is 2.92 bits per heavy atom. The maximum atomic E-state index is 13.1. The standard InChI is InChI=1S/C18H24N4O2/c1-13-17(24-14(2)21-13)18(23)22(12-15-6-3-4-10-20-15)16-7-5-9-19-11-8-16/h3-4,6,10,16,19H,5,7-9,11-12H2,1-2H3. The molecule has 1 unspecified atom stereocenters. The molecule has 0 radical (unpaired) electrons. The lowest BCUT2D eigenvalue weighted by molar-refractivity contribution is 0.0607. The summed E-state index contributed by atoms with van der Waals surface area (Å²) in [7, 11) is 0. The minimum absolute atomic E-state index is 0.0920. The Labute approximate surface area is 142 Å². The molecule has 1 atom stereocenters. The lowest BCUT2D eigenvalue weighted by Gasteiger charge is -2.30. The maximum Gasteiger partial charge on any atom is 0.292 e. The van der Waals surface area contributed by atoms with E-state index in [-0.39, 0.29) is 11.9 Å². The van der Waals surface area contributed by atoms with Crippen LogP contribution in [0.25, 0.3) is 0 Å².